The molecular weight excluding hydrogens is 322 g/mol. The summed E-state index contributed by atoms with van der Waals surface area (Å²) in [4.78, 5) is 0. The second kappa shape index (κ2) is 12.9. The fraction of sp³-hybridized carbons (Fsp3) is 1.00. The molecule has 0 radical (unpaired) electrons. The van der Waals surface area contributed by atoms with E-state index in [1.54, 1.807) is 0 Å². The van der Waals surface area contributed by atoms with Crippen LogP contribution in [0.25, 0.3) is 0 Å². The van der Waals surface area contributed by atoms with Crippen molar-refractivity contribution in [3.05, 3.63) is 0 Å². The van der Waals surface area contributed by atoms with Crippen molar-refractivity contribution in [3.63, 3.8) is 0 Å². The van der Waals surface area contributed by atoms with Gasteiger partial charge < -0.3 is 45.5 Å². The van der Waals surface area contributed by atoms with E-state index in [9.17, 15) is 10.2 Å². The normalized spacial score (nSPS) is 36.2. The summed E-state index contributed by atoms with van der Waals surface area (Å²) in [5, 5.41) is 45.1. The van der Waals surface area contributed by atoms with E-state index >= 15 is 0 Å². The van der Waals surface area contributed by atoms with Crippen LogP contribution in [-0.2, 0) is 14.2 Å². The van der Waals surface area contributed by atoms with Crippen LogP contribution in [0.5, 0.6) is 0 Å². The Labute approximate surface area is 143 Å². The zero-order valence-electron chi connectivity index (χ0n) is 13.2. The maximum atomic E-state index is 9.40. The highest BCUT2D eigenvalue weighted by Crippen LogP contribution is 2.20. The van der Waals surface area contributed by atoms with Crippen molar-refractivity contribution in [2.24, 2.45) is 5.73 Å². The van der Waals surface area contributed by atoms with E-state index in [1.807, 2.05) is 0 Å². The molecule has 0 spiro atoms. The van der Waals surface area contributed by atoms with Crippen LogP contribution in [-0.4, -0.2) is 95.3 Å². The first-order valence-corrected chi connectivity index (χ1v) is 7.86. The van der Waals surface area contributed by atoms with Crippen molar-refractivity contribution >= 4 is 0 Å². The summed E-state index contributed by atoms with van der Waals surface area (Å²) in [6.07, 6.45) is -2.00. The molecule has 146 valence electrons. The van der Waals surface area contributed by atoms with Crippen molar-refractivity contribution in [1.82, 2.24) is 0 Å². The Balaban J connectivity index is 0.000000460. The molecule has 2 rings (SSSR count). The van der Waals surface area contributed by atoms with Gasteiger partial charge in [-0.1, -0.05) is 7.43 Å². The van der Waals surface area contributed by atoms with E-state index < -0.39 is 24.6 Å². The molecule has 0 saturated carbocycles. The molecule has 7 N–H and O–H groups in total. The molecule has 2 saturated heterocycles. The van der Waals surface area contributed by atoms with Crippen molar-refractivity contribution in [3.8, 4) is 0 Å². The lowest BCUT2D eigenvalue weighted by atomic mass is 10.0. The molecule has 9 nitrogen and oxygen atoms in total. The predicted molar refractivity (Wildman–Crippen MR) is 86.2 cm³/mol. The number of rotatable bonds is 5. The Morgan fingerprint density at radius 1 is 1.08 bits per heavy atom. The highest BCUT2D eigenvalue weighted by atomic mass is 16.7. The van der Waals surface area contributed by atoms with Gasteiger partial charge >= 0.3 is 0 Å². The van der Waals surface area contributed by atoms with Crippen LogP contribution in [0.15, 0.2) is 0 Å². The van der Waals surface area contributed by atoms with Crippen molar-refractivity contribution < 1.29 is 39.7 Å². The molecule has 2 aliphatic rings. The topological polar surface area (TPSA) is 155 Å². The van der Waals surface area contributed by atoms with Crippen LogP contribution in [0.4, 0.5) is 0 Å². The van der Waals surface area contributed by atoms with Crippen LogP contribution in [0.2, 0.25) is 0 Å². The molecule has 9 heteroatoms. The zero-order chi connectivity index (χ0) is 17.2. The van der Waals surface area contributed by atoms with Gasteiger partial charge in [-0.05, 0) is 12.8 Å². The van der Waals surface area contributed by atoms with Crippen LogP contribution < -0.4 is 5.73 Å². The predicted octanol–water partition coefficient (Wildman–Crippen LogP) is -2.05. The van der Waals surface area contributed by atoms with Crippen LogP contribution >= 0.6 is 0 Å². The third-order valence-corrected chi connectivity index (χ3v) is 3.69. The quantitative estimate of drug-likeness (QED) is 0.327. The molecule has 0 bridgehead atoms. The molecule has 2 heterocycles. The van der Waals surface area contributed by atoms with Gasteiger partial charge in [0.15, 0.2) is 6.29 Å². The average Bonchev–Trinajstić information content (AvgIpc) is 2.57. The molecule has 2 aliphatic heterocycles. The minimum Gasteiger partial charge on any atom is -0.394 e. The molecular formula is C15H33NO8. The van der Waals surface area contributed by atoms with Gasteiger partial charge in [0.25, 0.3) is 0 Å². The fourth-order valence-corrected chi connectivity index (χ4v) is 2.31. The van der Waals surface area contributed by atoms with Crippen molar-refractivity contribution in [2.45, 2.75) is 63.5 Å². The smallest absolute Gasteiger partial charge is 0.160 e. The first kappa shape index (κ1) is 23.6. The molecule has 0 aromatic carbocycles. The molecule has 24 heavy (non-hydrogen) atoms. The summed E-state index contributed by atoms with van der Waals surface area (Å²) >= 11 is 0. The van der Waals surface area contributed by atoms with Crippen LogP contribution in [0, 0.1) is 0 Å². The highest BCUT2D eigenvalue weighted by molar-refractivity contribution is 4.82. The molecule has 0 aliphatic carbocycles. The number of aliphatic hydroxyl groups excluding tert-OH is 5. The van der Waals surface area contributed by atoms with Gasteiger partial charge in [0.2, 0.25) is 0 Å². The summed E-state index contributed by atoms with van der Waals surface area (Å²) in [7, 11) is 0. The monoisotopic (exact) mass is 355 g/mol. The SMILES string of the molecule is C.NCCO[C@@H]1CC(O)[C@H](O)C(CO)O1.OCC1CCC(O)CO1. The summed E-state index contributed by atoms with van der Waals surface area (Å²) in [5.74, 6) is 0. The maximum absolute atomic E-state index is 9.40. The minimum absolute atomic E-state index is 0. The lowest BCUT2D eigenvalue weighted by Gasteiger charge is -2.35. The Hall–Kier alpha value is -0.360. The third-order valence-electron chi connectivity index (χ3n) is 3.69. The lowest BCUT2D eigenvalue weighted by molar-refractivity contribution is -0.255. The number of aliphatic hydroxyl groups is 5. The summed E-state index contributed by atoms with van der Waals surface area (Å²) in [6.45, 7) is 0.798. The van der Waals surface area contributed by atoms with Gasteiger partial charge in [0.05, 0.1) is 44.7 Å². The molecule has 2 fully saturated rings. The van der Waals surface area contributed by atoms with E-state index in [2.05, 4.69) is 0 Å². The number of hydrogen-bond donors (Lipinski definition) is 6. The highest BCUT2D eigenvalue weighted by Gasteiger charge is 2.36. The molecule has 4 unspecified atom stereocenters. The van der Waals surface area contributed by atoms with Gasteiger partial charge in [0.1, 0.15) is 12.2 Å². The van der Waals surface area contributed by atoms with E-state index in [-0.39, 0.29) is 39.3 Å². The standard InChI is InChI=1S/C8H17NO5.C6H12O3.CH4/c9-1-2-13-7-3-5(11)8(12)6(4-10)14-7;7-3-6-2-1-5(8)4-9-6;/h5-8,10-12H,1-4,9H2;5-8H,1-4H2;1H4/t5?,6?,7-,8-;;/m0../s1. The first-order chi connectivity index (χ1) is 11.0. The van der Waals surface area contributed by atoms with Gasteiger partial charge in [-0.15, -0.1) is 0 Å². The van der Waals surface area contributed by atoms with Gasteiger partial charge in [-0.2, -0.15) is 0 Å². The Morgan fingerprint density at radius 3 is 2.29 bits per heavy atom. The average molecular weight is 355 g/mol. The zero-order valence-corrected chi connectivity index (χ0v) is 13.2. The second-order valence-corrected chi connectivity index (χ2v) is 5.61. The third kappa shape index (κ3) is 8.15. The van der Waals surface area contributed by atoms with Gasteiger partial charge in [-0.3, -0.25) is 0 Å². The number of hydrogen-bond acceptors (Lipinski definition) is 9. The minimum atomic E-state index is -1.06. The van der Waals surface area contributed by atoms with Gasteiger partial charge in [-0.25, -0.2) is 0 Å². The Morgan fingerprint density at radius 2 is 1.79 bits per heavy atom. The number of ether oxygens (including phenoxy) is 3. The molecule has 0 amide bonds. The van der Waals surface area contributed by atoms with Gasteiger partial charge in [0, 0.05) is 13.0 Å². The van der Waals surface area contributed by atoms with Crippen molar-refractivity contribution in [1.29, 1.82) is 0 Å². The summed E-state index contributed by atoms with van der Waals surface area (Å²) in [6, 6.07) is 0. The Kier molecular flexibility index (Phi) is 12.7. The summed E-state index contributed by atoms with van der Waals surface area (Å²) in [5.41, 5.74) is 5.23. The molecule has 6 atom stereocenters. The molecule has 0 aromatic heterocycles. The fourth-order valence-electron chi connectivity index (χ4n) is 2.31. The van der Waals surface area contributed by atoms with Crippen LogP contribution in [0.1, 0.15) is 26.7 Å². The lowest BCUT2D eigenvalue weighted by Crippen LogP contribution is -2.50. The maximum Gasteiger partial charge on any atom is 0.160 e. The largest absolute Gasteiger partial charge is 0.394 e. The second-order valence-electron chi connectivity index (χ2n) is 5.61. The van der Waals surface area contributed by atoms with E-state index in [0.717, 1.165) is 12.8 Å². The van der Waals surface area contributed by atoms with E-state index in [1.165, 1.54) is 0 Å². The number of nitrogens with two attached hydrogens (primary N) is 1. The van der Waals surface area contributed by atoms with E-state index in [0.29, 0.717) is 19.8 Å². The Bertz CT molecular complexity index is 301. The first-order valence-electron chi connectivity index (χ1n) is 7.86. The molecule has 0 aromatic rings. The van der Waals surface area contributed by atoms with Crippen LogP contribution in [0.3, 0.4) is 0 Å². The summed E-state index contributed by atoms with van der Waals surface area (Å²) < 4.78 is 15.4. The van der Waals surface area contributed by atoms with Crippen molar-refractivity contribution in [2.75, 3.05) is 33.0 Å². The van der Waals surface area contributed by atoms with E-state index in [4.69, 9.17) is 35.3 Å².